The van der Waals surface area contributed by atoms with Crippen LogP contribution in [0.4, 0.5) is 0 Å². The predicted octanol–water partition coefficient (Wildman–Crippen LogP) is 4.07. The summed E-state index contributed by atoms with van der Waals surface area (Å²) in [4.78, 5) is 35.7. The van der Waals surface area contributed by atoms with Gasteiger partial charge >= 0.3 is 11.9 Å². The Morgan fingerprint density at radius 2 is 0.917 bits per heavy atom. The second-order valence-electron chi connectivity index (χ2n) is 6.30. The standard InChI is InChI=1S/C19H34O5/c1-5-9-15(10-6-2)18(21)23-13-17(20)14-24-19(22)16(11-7-3)12-8-4/h15-16H,5-14H2,1-4H3. The van der Waals surface area contributed by atoms with Crippen LogP contribution in [0.5, 0.6) is 0 Å². The molecule has 0 aromatic rings. The molecule has 0 atom stereocenters. The van der Waals surface area contributed by atoms with Crippen molar-refractivity contribution in [3.8, 4) is 0 Å². The maximum Gasteiger partial charge on any atom is 0.309 e. The molecule has 0 N–H and O–H groups in total. The van der Waals surface area contributed by atoms with Gasteiger partial charge in [0.15, 0.2) is 13.2 Å². The first-order valence-corrected chi connectivity index (χ1v) is 9.34. The Morgan fingerprint density at radius 1 is 0.625 bits per heavy atom. The minimum Gasteiger partial charge on any atom is -0.457 e. The van der Waals surface area contributed by atoms with Crippen LogP contribution in [-0.4, -0.2) is 30.9 Å². The van der Waals surface area contributed by atoms with Crippen molar-refractivity contribution < 1.29 is 23.9 Å². The van der Waals surface area contributed by atoms with E-state index in [1.54, 1.807) is 0 Å². The predicted molar refractivity (Wildman–Crippen MR) is 93.5 cm³/mol. The molecule has 0 fully saturated rings. The second kappa shape index (κ2) is 14.0. The number of carbonyl (C=O) groups is 3. The van der Waals surface area contributed by atoms with Gasteiger partial charge in [0, 0.05) is 0 Å². The quantitative estimate of drug-likeness (QED) is 0.445. The molecule has 0 bridgehead atoms. The number of Topliss-reactive ketones (excluding diaryl/α,β-unsaturated/α-hetero) is 1. The summed E-state index contributed by atoms with van der Waals surface area (Å²) in [6, 6.07) is 0. The fourth-order valence-corrected chi connectivity index (χ4v) is 2.73. The fraction of sp³-hybridized carbons (Fsp3) is 0.842. The summed E-state index contributed by atoms with van der Waals surface area (Å²) in [5.41, 5.74) is 0. The zero-order chi connectivity index (χ0) is 18.4. The van der Waals surface area contributed by atoms with Crippen molar-refractivity contribution in [2.24, 2.45) is 11.8 Å². The highest BCUT2D eigenvalue weighted by Gasteiger charge is 2.21. The van der Waals surface area contributed by atoms with Crippen molar-refractivity contribution in [1.29, 1.82) is 0 Å². The van der Waals surface area contributed by atoms with E-state index >= 15 is 0 Å². The van der Waals surface area contributed by atoms with E-state index in [-0.39, 0.29) is 42.8 Å². The maximum atomic E-state index is 12.0. The van der Waals surface area contributed by atoms with Crippen molar-refractivity contribution in [3.05, 3.63) is 0 Å². The Bertz CT molecular complexity index is 332. The molecule has 0 aliphatic heterocycles. The highest BCUT2D eigenvalue weighted by atomic mass is 16.6. The molecule has 0 radical (unpaired) electrons. The van der Waals surface area contributed by atoms with Gasteiger partial charge in [0.1, 0.15) is 0 Å². The molecule has 0 spiro atoms. The molecule has 0 saturated heterocycles. The molecule has 0 rings (SSSR count). The topological polar surface area (TPSA) is 69.7 Å². The summed E-state index contributed by atoms with van der Waals surface area (Å²) in [6.45, 7) is 7.44. The highest BCUT2D eigenvalue weighted by Crippen LogP contribution is 2.16. The highest BCUT2D eigenvalue weighted by molar-refractivity contribution is 5.85. The number of esters is 2. The molecular weight excluding hydrogens is 308 g/mol. The van der Waals surface area contributed by atoms with Gasteiger partial charge in [-0.25, -0.2) is 0 Å². The van der Waals surface area contributed by atoms with Crippen LogP contribution in [0.3, 0.4) is 0 Å². The third-order valence-corrected chi connectivity index (χ3v) is 3.97. The number of ether oxygens (including phenoxy) is 2. The molecule has 0 saturated carbocycles. The zero-order valence-electron chi connectivity index (χ0n) is 15.8. The van der Waals surface area contributed by atoms with E-state index in [4.69, 9.17) is 9.47 Å². The molecule has 5 heteroatoms. The minimum absolute atomic E-state index is 0.145. The Kier molecular flexibility index (Phi) is 13.2. The third kappa shape index (κ3) is 9.68. The summed E-state index contributed by atoms with van der Waals surface area (Å²) in [7, 11) is 0. The molecule has 24 heavy (non-hydrogen) atoms. The summed E-state index contributed by atoms with van der Waals surface area (Å²) in [5, 5.41) is 0. The van der Waals surface area contributed by atoms with Crippen LogP contribution in [0.25, 0.3) is 0 Å². The first kappa shape index (κ1) is 22.6. The van der Waals surface area contributed by atoms with E-state index in [1.807, 2.05) is 27.7 Å². The van der Waals surface area contributed by atoms with Gasteiger partial charge in [0.25, 0.3) is 0 Å². The normalized spacial score (nSPS) is 10.9. The molecule has 140 valence electrons. The molecule has 5 nitrogen and oxygen atoms in total. The average Bonchev–Trinajstić information content (AvgIpc) is 2.57. The number of carbonyl (C=O) groups excluding carboxylic acids is 3. The second-order valence-corrected chi connectivity index (χ2v) is 6.30. The lowest BCUT2D eigenvalue weighted by Crippen LogP contribution is -2.26. The first-order valence-electron chi connectivity index (χ1n) is 9.34. The molecule has 0 aliphatic rings. The monoisotopic (exact) mass is 342 g/mol. The number of ketones is 1. The van der Waals surface area contributed by atoms with Gasteiger partial charge in [-0.15, -0.1) is 0 Å². The Labute approximate surface area is 146 Å². The van der Waals surface area contributed by atoms with Gasteiger partial charge in [-0.1, -0.05) is 53.4 Å². The van der Waals surface area contributed by atoms with Crippen LogP contribution in [0.15, 0.2) is 0 Å². The lowest BCUT2D eigenvalue weighted by atomic mass is 9.98. The zero-order valence-corrected chi connectivity index (χ0v) is 15.8. The first-order chi connectivity index (χ1) is 11.5. The van der Waals surface area contributed by atoms with Crippen LogP contribution in [0, 0.1) is 11.8 Å². The summed E-state index contributed by atoms with van der Waals surface area (Å²) in [5.74, 6) is -1.32. The van der Waals surface area contributed by atoms with Crippen LogP contribution < -0.4 is 0 Å². The van der Waals surface area contributed by atoms with Crippen molar-refractivity contribution >= 4 is 17.7 Å². The summed E-state index contributed by atoms with van der Waals surface area (Å²) >= 11 is 0. The summed E-state index contributed by atoms with van der Waals surface area (Å²) < 4.78 is 10.2. The molecule has 0 aromatic carbocycles. The number of hydrogen-bond acceptors (Lipinski definition) is 5. The molecular formula is C19H34O5. The lowest BCUT2D eigenvalue weighted by molar-refractivity contribution is -0.157. The molecule has 0 heterocycles. The number of hydrogen-bond donors (Lipinski definition) is 0. The van der Waals surface area contributed by atoms with Crippen molar-refractivity contribution in [3.63, 3.8) is 0 Å². The van der Waals surface area contributed by atoms with Crippen molar-refractivity contribution in [2.75, 3.05) is 13.2 Å². The van der Waals surface area contributed by atoms with Gasteiger partial charge in [0.2, 0.25) is 5.78 Å². The van der Waals surface area contributed by atoms with E-state index in [0.29, 0.717) is 0 Å². The van der Waals surface area contributed by atoms with Crippen LogP contribution in [0.1, 0.15) is 79.1 Å². The fourth-order valence-electron chi connectivity index (χ4n) is 2.73. The van der Waals surface area contributed by atoms with Gasteiger partial charge in [0.05, 0.1) is 11.8 Å². The van der Waals surface area contributed by atoms with E-state index in [1.165, 1.54) is 0 Å². The van der Waals surface area contributed by atoms with Gasteiger partial charge in [-0.2, -0.15) is 0 Å². The van der Waals surface area contributed by atoms with Gasteiger partial charge in [-0.05, 0) is 25.7 Å². The minimum atomic E-state index is -0.379. The average molecular weight is 342 g/mol. The van der Waals surface area contributed by atoms with Gasteiger partial charge in [-0.3, -0.25) is 14.4 Å². The molecule has 0 amide bonds. The smallest absolute Gasteiger partial charge is 0.309 e. The van der Waals surface area contributed by atoms with E-state index < -0.39 is 0 Å². The molecule has 0 aromatic heterocycles. The summed E-state index contributed by atoms with van der Waals surface area (Å²) in [6.07, 6.45) is 6.69. The number of rotatable bonds is 14. The SMILES string of the molecule is CCCC(CCC)C(=O)OCC(=O)COC(=O)C(CCC)CCC. The molecule has 0 aliphatic carbocycles. The van der Waals surface area contributed by atoms with E-state index in [2.05, 4.69) is 0 Å². The van der Waals surface area contributed by atoms with E-state index in [0.717, 1.165) is 51.4 Å². The van der Waals surface area contributed by atoms with Crippen LogP contribution in [0.2, 0.25) is 0 Å². The van der Waals surface area contributed by atoms with Crippen molar-refractivity contribution in [1.82, 2.24) is 0 Å². The van der Waals surface area contributed by atoms with Crippen LogP contribution >= 0.6 is 0 Å². The maximum absolute atomic E-state index is 12.0. The lowest BCUT2D eigenvalue weighted by Gasteiger charge is -2.15. The van der Waals surface area contributed by atoms with Gasteiger partial charge < -0.3 is 9.47 Å². The van der Waals surface area contributed by atoms with Crippen molar-refractivity contribution in [2.45, 2.75) is 79.1 Å². The third-order valence-electron chi connectivity index (χ3n) is 3.97. The Balaban J connectivity index is 4.20. The van der Waals surface area contributed by atoms with Crippen LogP contribution in [-0.2, 0) is 23.9 Å². The Hall–Kier alpha value is -1.39. The van der Waals surface area contributed by atoms with E-state index in [9.17, 15) is 14.4 Å². The Morgan fingerprint density at radius 3 is 1.17 bits per heavy atom. The largest absolute Gasteiger partial charge is 0.457 e. The molecule has 0 unspecified atom stereocenters.